The van der Waals surface area contributed by atoms with Crippen molar-refractivity contribution in [2.45, 2.75) is 66.4 Å². The highest BCUT2D eigenvalue weighted by atomic mass is 16.6. The third-order valence-electron chi connectivity index (χ3n) is 3.20. The fraction of sp³-hybridized carbons (Fsp3) is 0.722. The molecule has 0 unspecified atom stereocenters. The Kier molecular flexibility index (Phi) is 7.45. The predicted molar refractivity (Wildman–Crippen MR) is 97.4 cm³/mol. The first-order chi connectivity index (χ1) is 11.1. The van der Waals surface area contributed by atoms with E-state index in [-0.39, 0.29) is 0 Å². The number of hydrogen-bond acceptors (Lipinski definition) is 5. The highest BCUT2D eigenvalue weighted by Crippen LogP contribution is 2.20. The molecule has 0 saturated carbocycles. The number of nitrogens with zero attached hydrogens (tertiary/aromatic N) is 2. The van der Waals surface area contributed by atoms with Crippen molar-refractivity contribution >= 4 is 12.0 Å². The van der Waals surface area contributed by atoms with Crippen LogP contribution in [-0.2, 0) is 11.2 Å². The van der Waals surface area contributed by atoms with Gasteiger partial charge in [0.25, 0.3) is 0 Å². The first-order valence-corrected chi connectivity index (χ1v) is 8.65. The molecule has 0 saturated heterocycles. The van der Waals surface area contributed by atoms with Crippen LogP contribution in [0, 0.1) is 5.92 Å². The maximum absolute atomic E-state index is 11.6. The highest BCUT2D eigenvalue weighted by molar-refractivity contribution is 5.67. The van der Waals surface area contributed by atoms with E-state index in [1.165, 1.54) is 5.56 Å². The molecule has 2 N–H and O–H groups in total. The lowest BCUT2D eigenvalue weighted by molar-refractivity contribution is 0.0530. The lowest BCUT2D eigenvalue weighted by Gasteiger charge is -2.19. The van der Waals surface area contributed by atoms with Crippen molar-refractivity contribution in [1.82, 2.24) is 15.3 Å². The summed E-state index contributed by atoms with van der Waals surface area (Å²) in [5, 5.41) is 5.86. The molecule has 0 spiro atoms. The van der Waals surface area contributed by atoms with Crippen molar-refractivity contribution in [3.05, 3.63) is 17.5 Å². The second-order valence-electron chi connectivity index (χ2n) is 7.70. The van der Waals surface area contributed by atoms with Gasteiger partial charge < -0.3 is 15.4 Å². The Morgan fingerprint density at radius 3 is 2.42 bits per heavy atom. The normalized spacial score (nSPS) is 11.7. The minimum Gasteiger partial charge on any atom is -0.444 e. The van der Waals surface area contributed by atoms with Crippen molar-refractivity contribution in [3.63, 3.8) is 0 Å². The molecule has 1 heterocycles. The molecule has 1 aromatic heterocycles. The zero-order chi connectivity index (χ0) is 18.3. The lowest BCUT2D eigenvalue weighted by Crippen LogP contribution is -2.35. The van der Waals surface area contributed by atoms with Crippen molar-refractivity contribution in [2.75, 3.05) is 18.4 Å². The van der Waals surface area contributed by atoms with Gasteiger partial charge in [-0.05, 0) is 44.6 Å². The smallest absolute Gasteiger partial charge is 0.407 e. The zero-order valence-electron chi connectivity index (χ0n) is 16.1. The summed E-state index contributed by atoms with van der Waals surface area (Å²) in [6.45, 7) is 15.2. The van der Waals surface area contributed by atoms with Crippen LogP contribution in [0.25, 0.3) is 0 Å². The number of nitrogens with one attached hydrogen (secondary N) is 2. The number of rotatable bonds is 7. The van der Waals surface area contributed by atoms with Gasteiger partial charge in [-0.3, -0.25) is 0 Å². The summed E-state index contributed by atoms with van der Waals surface area (Å²) >= 11 is 0. The molecule has 0 aliphatic rings. The fourth-order valence-electron chi connectivity index (χ4n) is 2.20. The fourth-order valence-corrected chi connectivity index (χ4v) is 2.20. The molecule has 24 heavy (non-hydrogen) atoms. The molecule has 0 aliphatic carbocycles. The van der Waals surface area contributed by atoms with Crippen molar-refractivity contribution in [2.24, 2.45) is 5.92 Å². The van der Waals surface area contributed by atoms with E-state index in [9.17, 15) is 4.79 Å². The number of ether oxygens (including phenoxy) is 1. The van der Waals surface area contributed by atoms with E-state index in [0.29, 0.717) is 30.9 Å². The third kappa shape index (κ3) is 7.62. The molecule has 1 rings (SSSR count). The van der Waals surface area contributed by atoms with Crippen LogP contribution in [0.5, 0.6) is 0 Å². The molecule has 6 heteroatoms. The van der Waals surface area contributed by atoms with Gasteiger partial charge in [-0.25, -0.2) is 14.8 Å². The molecule has 0 radical (unpaired) electrons. The van der Waals surface area contributed by atoms with Gasteiger partial charge >= 0.3 is 6.09 Å². The second kappa shape index (κ2) is 8.85. The van der Waals surface area contributed by atoms with Gasteiger partial charge in [0.1, 0.15) is 5.60 Å². The highest BCUT2D eigenvalue weighted by Gasteiger charge is 2.15. The van der Waals surface area contributed by atoms with Crippen LogP contribution in [0.15, 0.2) is 6.20 Å². The SMILES string of the molecule is CC(C)Cc1nc(NCCNC(=O)OC(C)(C)C)ncc1C(C)C. The Balaban J connectivity index is 2.55. The lowest BCUT2D eigenvalue weighted by atomic mass is 9.98. The topological polar surface area (TPSA) is 76.1 Å². The van der Waals surface area contributed by atoms with E-state index >= 15 is 0 Å². The summed E-state index contributed by atoms with van der Waals surface area (Å²) in [4.78, 5) is 20.6. The first-order valence-electron chi connectivity index (χ1n) is 8.65. The van der Waals surface area contributed by atoms with E-state index in [0.717, 1.165) is 12.1 Å². The van der Waals surface area contributed by atoms with Crippen molar-refractivity contribution in [3.8, 4) is 0 Å². The molecule has 0 aliphatic heterocycles. The number of carbonyl (C=O) groups is 1. The van der Waals surface area contributed by atoms with Crippen LogP contribution in [0.2, 0.25) is 0 Å². The van der Waals surface area contributed by atoms with Crippen LogP contribution in [0.3, 0.4) is 0 Å². The van der Waals surface area contributed by atoms with Gasteiger partial charge in [0, 0.05) is 25.0 Å². The molecule has 1 amide bonds. The summed E-state index contributed by atoms with van der Waals surface area (Å²) in [5.41, 5.74) is 1.80. The van der Waals surface area contributed by atoms with Crippen LogP contribution < -0.4 is 10.6 Å². The largest absolute Gasteiger partial charge is 0.444 e. The Hall–Kier alpha value is -1.85. The Bertz CT molecular complexity index is 536. The molecule has 136 valence electrons. The second-order valence-corrected chi connectivity index (χ2v) is 7.70. The van der Waals surface area contributed by atoms with Crippen LogP contribution >= 0.6 is 0 Å². The molecule has 0 atom stereocenters. The van der Waals surface area contributed by atoms with E-state index in [4.69, 9.17) is 4.74 Å². The minimum absolute atomic E-state index is 0.404. The summed E-state index contributed by atoms with van der Waals surface area (Å²) < 4.78 is 5.19. The maximum Gasteiger partial charge on any atom is 0.407 e. The average molecular weight is 336 g/mol. The Morgan fingerprint density at radius 1 is 1.21 bits per heavy atom. The summed E-state index contributed by atoms with van der Waals surface area (Å²) in [7, 11) is 0. The number of anilines is 1. The molecule has 0 bridgehead atoms. The predicted octanol–water partition coefficient (Wildman–Crippen LogP) is 3.74. The maximum atomic E-state index is 11.6. The number of alkyl carbamates (subject to hydrolysis) is 1. The third-order valence-corrected chi connectivity index (χ3v) is 3.20. The zero-order valence-corrected chi connectivity index (χ0v) is 16.1. The number of amides is 1. The van der Waals surface area contributed by atoms with Gasteiger partial charge in [0.2, 0.25) is 5.95 Å². The standard InChI is InChI=1S/C18H32N4O2/c1-12(2)10-15-14(13(3)4)11-21-16(22-15)19-8-9-20-17(23)24-18(5,6)7/h11-13H,8-10H2,1-7H3,(H,20,23)(H,19,21,22). The molecular formula is C18H32N4O2. The molecule has 6 nitrogen and oxygen atoms in total. The Morgan fingerprint density at radius 2 is 1.88 bits per heavy atom. The monoisotopic (exact) mass is 336 g/mol. The molecular weight excluding hydrogens is 304 g/mol. The van der Waals surface area contributed by atoms with Gasteiger partial charge in [0.15, 0.2) is 0 Å². The van der Waals surface area contributed by atoms with E-state index in [1.807, 2.05) is 27.0 Å². The van der Waals surface area contributed by atoms with Gasteiger partial charge in [0.05, 0.1) is 0 Å². The summed E-state index contributed by atoms with van der Waals surface area (Å²) in [6.07, 6.45) is 2.42. The first kappa shape index (κ1) is 20.2. The summed E-state index contributed by atoms with van der Waals surface area (Å²) in [5.74, 6) is 1.54. The molecule has 1 aromatic rings. The van der Waals surface area contributed by atoms with Gasteiger partial charge in [-0.1, -0.05) is 27.7 Å². The van der Waals surface area contributed by atoms with Gasteiger partial charge in [-0.2, -0.15) is 0 Å². The quantitative estimate of drug-likeness (QED) is 0.742. The Labute approximate surface area is 145 Å². The average Bonchev–Trinajstić information content (AvgIpc) is 2.41. The molecule has 0 aromatic carbocycles. The number of carbonyl (C=O) groups excluding carboxylic acids is 1. The van der Waals surface area contributed by atoms with Crippen LogP contribution in [-0.4, -0.2) is 34.8 Å². The molecule has 0 fully saturated rings. The number of aromatic nitrogens is 2. The minimum atomic E-state index is -0.487. The van der Waals surface area contributed by atoms with Crippen molar-refractivity contribution < 1.29 is 9.53 Å². The summed E-state index contributed by atoms with van der Waals surface area (Å²) in [6, 6.07) is 0. The van der Waals surface area contributed by atoms with E-state index in [2.05, 4.69) is 48.3 Å². The van der Waals surface area contributed by atoms with E-state index < -0.39 is 11.7 Å². The van der Waals surface area contributed by atoms with Crippen molar-refractivity contribution in [1.29, 1.82) is 0 Å². The van der Waals surface area contributed by atoms with Gasteiger partial charge in [-0.15, -0.1) is 0 Å². The van der Waals surface area contributed by atoms with Crippen LogP contribution in [0.1, 0.15) is 65.6 Å². The van der Waals surface area contributed by atoms with Crippen LogP contribution in [0.4, 0.5) is 10.7 Å². The number of hydrogen-bond donors (Lipinski definition) is 2. The van der Waals surface area contributed by atoms with E-state index in [1.54, 1.807) is 0 Å².